The summed E-state index contributed by atoms with van der Waals surface area (Å²) < 4.78 is 10.4. The Morgan fingerprint density at radius 2 is 1.05 bits per heavy atom. The van der Waals surface area contributed by atoms with E-state index in [4.69, 9.17) is 9.47 Å². The number of hydrogen-bond donors (Lipinski definition) is 0. The molecule has 0 aliphatic rings. The van der Waals surface area contributed by atoms with Gasteiger partial charge in [0.25, 0.3) is 0 Å². The van der Waals surface area contributed by atoms with Gasteiger partial charge in [-0.25, -0.2) is 9.59 Å². The highest BCUT2D eigenvalue weighted by molar-refractivity contribution is 5.82. The van der Waals surface area contributed by atoms with E-state index in [1.54, 1.807) is 26.0 Å². The largest absolute Gasteiger partial charge is 0.463 e. The molecule has 0 heterocycles. The van der Waals surface area contributed by atoms with E-state index in [0.717, 1.165) is 55.6 Å². The molecule has 3 aromatic carbocycles. The summed E-state index contributed by atoms with van der Waals surface area (Å²) >= 11 is 0. The Kier molecular flexibility index (Phi) is 12.9. The molecule has 0 spiro atoms. The molecule has 0 atom stereocenters. The predicted octanol–water partition coefficient (Wildman–Crippen LogP) is 8.66. The van der Waals surface area contributed by atoms with Crippen LogP contribution < -0.4 is 4.90 Å². The molecule has 0 saturated heterocycles. The SMILES string of the molecule is C/C=C/C(=O)OCCCCc1ccc(N(c2ccc(CCCCOC(=O)/C=C/C)cc2)c2ccc(C)c(C)c2)cc1. The van der Waals surface area contributed by atoms with Crippen molar-refractivity contribution in [2.75, 3.05) is 18.1 Å². The van der Waals surface area contributed by atoms with Gasteiger partial charge in [-0.05, 0) is 125 Å². The minimum Gasteiger partial charge on any atom is -0.463 e. The first-order valence-corrected chi connectivity index (χ1v) is 14.6. The van der Waals surface area contributed by atoms with Crippen molar-refractivity contribution >= 4 is 29.0 Å². The van der Waals surface area contributed by atoms with E-state index in [9.17, 15) is 9.59 Å². The maximum absolute atomic E-state index is 11.4. The molecule has 0 amide bonds. The highest BCUT2D eigenvalue weighted by Gasteiger charge is 2.13. The van der Waals surface area contributed by atoms with Gasteiger partial charge >= 0.3 is 11.9 Å². The second-order valence-corrected chi connectivity index (χ2v) is 10.2. The molecule has 5 nitrogen and oxygen atoms in total. The lowest BCUT2D eigenvalue weighted by Gasteiger charge is -2.26. The van der Waals surface area contributed by atoms with Crippen LogP contribution in [0.3, 0.4) is 0 Å². The van der Waals surface area contributed by atoms with Crippen molar-refractivity contribution < 1.29 is 19.1 Å². The molecule has 0 aliphatic heterocycles. The van der Waals surface area contributed by atoms with Crippen LogP contribution in [0.25, 0.3) is 0 Å². The fraction of sp³-hybridized carbons (Fsp3) is 0.333. The van der Waals surface area contributed by atoms with Gasteiger partial charge in [0.05, 0.1) is 13.2 Å². The fourth-order valence-corrected chi connectivity index (χ4v) is 4.51. The van der Waals surface area contributed by atoms with Crippen molar-refractivity contribution in [3.8, 4) is 0 Å². The third-order valence-electron chi connectivity index (χ3n) is 6.95. The average Bonchev–Trinajstić information content (AvgIpc) is 2.96. The Balaban J connectivity index is 1.65. The van der Waals surface area contributed by atoms with Crippen molar-refractivity contribution in [2.24, 2.45) is 0 Å². The third-order valence-corrected chi connectivity index (χ3v) is 6.95. The molecular formula is C36H43NO4. The van der Waals surface area contributed by atoms with Crippen molar-refractivity contribution in [1.29, 1.82) is 0 Å². The topological polar surface area (TPSA) is 55.8 Å². The van der Waals surface area contributed by atoms with Gasteiger partial charge in [0.2, 0.25) is 0 Å². The normalized spacial score (nSPS) is 11.2. The Labute approximate surface area is 245 Å². The zero-order valence-corrected chi connectivity index (χ0v) is 24.9. The van der Waals surface area contributed by atoms with E-state index in [0.29, 0.717) is 13.2 Å². The Bertz CT molecular complexity index is 1230. The maximum Gasteiger partial charge on any atom is 0.330 e. The van der Waals surface area contributed by atoms with Crippen molar-refractivity contribution in [3.05, 3.63) is 113 Å². The number of ether oxygens (including phenoxy) is 2. The Morgan fingerprint density at radius 3 is 1.46 bits per heavy atom. The molecule has 41 heavy (non-hydrogen) atoms. The summed E-state index contributed by atoms with van der Waals surface area (Å²) in [7, 11) is 0. The number of esters is 2. The van der Waals surface area contributed by atoms with Gasteiger partial charge in [-0.3, -0.25) is 0 Å². The first kappa shape index (κ1) is 31.4. The number of carbonyl (C=O) groups excluding carboxylic acids is 2. The lowest BCUT2D eigenvalue weighted by atomic mass is 10.0. The highest BCUT2D eigenvalue weighted by Crippen LogP contribution is 2.35. The van der Waals surface area contributed by atoms with Gasteiger partial charge in [-0.15, -0.1) is 0 Å². The molecule has 3 rings (SSSR count). The molecule has 0 aliphatic carbocycles. The van der Waals surface area contributed by atoms with Crippen LogP contribution in [0, 0.1) is 13.8 Å². The molecule has 0 radical (unpaired) electrons. The van der Waals surface area contributed by atoms with Gasteiger partial charge in [0, 0.05) is 29.2 Å². The van der Waals surface area contributed by atoms with Crippen LogP contribution >= 0.6 is 0 Å². The minimum absolute atomic E-state index is 0.278. The van der Waals surface area contributed by atoms with Gasteiger partial charge in [0.1, 0.15) is 0 Å². The number of anilines is 3. The minimum atomic E-state index is -0.278. The van der Waals surface area contributed by atoms with Crippen LogP contribution in [0.2, 0.25) is 0 Å². The highest BCUT2D eigenvalue weighted by atomic mass is 16.5. The number of benzene rings is 3. The number of rotatable bonds is 15. The maximum atomic E-state index is 11.4. The standard InChI is InChI=1S/C36H43NO4/c1-5-11-35(38)40-25-9-7-13-30-16-21-32(22-17-30)37(34-20-15-28(3)29(4)27-34)33-23-18-31(19-24-33)14-8-10-26-41-36(39)12-6-2/h5-6,11-12,15-24,27H,7-10,13-14,25-26H2,1-4H3/b11-5+,12-6+. The van der Waals surface area contributed by atoms with E-state index in [1.807, 2.05) is 0 Å². The van der Waals surface area contributed by atoms with Gasteiger partial charge in [-0.2, -0.15) is 0 Å². The number of nitrogens with zero attached hydrogens (tertiary/aromatic N) is 1. The van der Waals surface area contributed by atoms with E-state index in [2.05, 4.69) is 85.5 Å². The number of hydrogen-bond acceptors (Lipinski definition) is 5. The van der Waals surface area contributed by atoms with Crippen LogP contribution in [-0.2, 0) is 31.9 Å². The van der Waals surface area contributed by atoms with Gasteiger partial charge in [0.15, 0.2) is 0 Å². The van der Waals surface area contributed by atoms with E-state index in [-0.39, 0.29) is 11.9 Å². The smallest absolute Gasteiger partial charge is 0.330 e. The zero-order chi connectivity index (χ0) is 29.5. The summed E-state index contributed by atoms with van der Waals surface area (Å²) in [4.78, 5) is 25.2. The summed E-state index contributed by atoms with van der Waals surface area (Å²) in [6.07, 6.45) is 11.8. The first-order valence-electron chi connectivity index (χ1n) is 14.6. The summed E-state index contributed by atoms with van der Waals surface area (Å²) in [5.74, 6) is -0.557. The van der Waals surface area contributed by atoms with E-state index >= 15 is 0 Å². The van der Waals surface area contributed by atoms with Crippen LogP contribution in [0.15, 0.2) is 91.0 Å². The van der Waals surface area contributed by atoms with Crippen LogP contribution in [0.5, 0.6) is 0 Å². The molecule has 0 unspecified atom stereocenters. The van der Waals surface area contributed by atoms with Crippen LogP contribution in [0.4, 0.5) is 17.1 Å². The molecule has 0 bridgehead atoms. The van der Waals surface area contributed by atoms with Crippen molar-refractivity contribution in [3.63, 3.8) is 0 Å². The van der Waals surface area contributed by atoms with E-state index < -0.39 is 0 Å². The van der Waals surface area contributed by atoms with Crippen LogP contribution in [0.1, 0.15) is 61.8 Å². The monoisotopic (exact) mass is 553 g/mol. The second kappa shape index (κ2) is 16.9. The van der Waals surface area contributed by atoms with Gasteiger partial charge < -0.3 is 14.4 Å². The first-order chi connectivity index (χ1) is 19.9. The number of unbranched alkanes of at least 4 members (excludes halogenated alkanes) is 2. The summed E-state index contributed by atoms with van der Waals surface area (Å²) in [6.45, 7) is 8.78. The fourth-order valence-electron chi connectivity index (χ4n) is 4.51. The van der Waals surface area contributed by atoms with Gasteiger partial charge in [-0.1, -0.05) is 42.5 Å². The lowest BCUT2D eigenvalue weighted by molar-refractivity contribution is -0.138. The van der Waals surface area contributed by atoms with Crippen LogP contribution in [-0.4, -0.2) is 25.2 Å². The molecule has 3 aromatic rings. The average molecular weight is 554 g/mol. The summed E-state index contributed by atoms with van der Waals surface area (Å²) in [5.41, 5.74) is 8.39. The zero-order valence-electron chi connectivity index (χ0n) is 24.9. The predicted molar refractivity (Wildman–Crippen MR) is 168 cm³/mol. The number of carbonyl (C=O) groups is 2. The molecule has 0 fully saturated rings. The molecular weight excluding hydrogens is 510 g/mol. The number of aryl methyl sites for hydroxylation is 4. The Morgan fingerprint density at radius 1 is 0.610 bits per heavy atom. The molecule has 0 saturated carbocycles. The molecule has 0 N–H and O–H groups in total. The van der Waals surface area contributed by atoms with Crippen molar-refractivity contribution in [2.45, 2.75) is 66.2 Å². The Hall–Kier alpha value is -4.12. The summed E-state index contributed by atoms with van der Waals surface area (Å²) in [6, 6.07) is 24.1. The third kappa shape index (κ3) is 10.4. The van der Waals surface area contributed by atoms with Crippen molar-refractivity contribution in [1.82, 2.24) is 0 Å². The van der Waals surface area contributed by atoms with E-state index in [1.165, 1.54) is 34.4 Å². The quantitative estimate of drug-likeness (QED) is 0.107. The second-order valence-electron chi connectivity index (χ2n) is 10.2. The molecule has 216 valence electrons. The molecule has 0 aromatic heterocycles. The summed E-state index contributed by atoms with van der Waals surface area (Å²) in [5, 5.41) is 0. The molecule has 5 heteroatoms. The lowest BCUT2D eigenvalue weighted by Crippen LogP contribution is -2.10. The number of allylic oxidation sites excluding steroid dienone is 2.